The lowest BCUT2D eigenvalue weighted by Gasteiger charge is -2.12. The first kappa shape index (κ1) is 15.4. The van der Waals surface area contributed by atoms with Gasteiger partial charge in [0.1, 0.15) is 5.82 Å². The lowest BCUT2D eigenvalue weighted by molar-refractivity contribution is -0.103. The molecule has 1 aromatic carbocycles. The van der Waals surface area contributed by atoms with Crippen molar-refractivity contribution in [1.82, 2.24) is 0 Å². The summed E-state index contributed by atoms with van der Waals surface area (Å²) in [7, 11) is 0. The van der Waals surface area contributed by atoms with E-state index in [0.29, 0.717) is 29.9 Å². The highest BCUT2D eigenvalue weighted by Crippen LogP contribution is 2.16. The van der Waals surface area contributed by atoms with E-state index in [-0.39, 0.29) is 5.82 Å². The van der Waals surface area contributed by atoms with Gasteiger partial charge in [-0.3, -0.25) is 0 Å². The van der Waals surface area contributed by atoms with Crippen LogP contribution < -0.4 is 0 Å². The first-order valence-corrected chi connectivity index (χ1v) is 6.24. The van der Waals surface area contributed by atoms with Crippen LogP contribution in [0.3, 0.4) is 0 Å². The van der Waals surface area contributed by atoms with Crippen molar-refractivity contribution in [3.63, 3.8) is 0 Å². The molecule has 0 N–H and O–H groups in total. The number of hydrogen-bond donors (Lipinski definition) is 0. The van der Waals surface area contributed by atoms with Crippen molar-refractivity contribution < 1.29 is 13.9 Å². The number of rotatable bonds is 6. The second-order valence-corrected chi connectivity index (χ2v) is 3.93. The summed E-state index contributed by atoms with van der Waals surface area (Å²) in [4.78, 5) is 0. The van der Waals surface area contributed by atoms with Crippen LogP contribution in [-0.4, -0.2) is 19.5 Å². The van der Waals surface area contributed by atoms with Crippen molar-refractivity contribution in [3.8, 4) is 6.07 Å². The second kappa shape index (κ2) is 7.67. The van der Waals surface area contributed by atoms with Crippen LogP contribution in [-0.2, 0) is 9.47 Å². The van der Waals surface area contributed by atoms with Crippen LogP contribution in [0.5, 0.6) is 0 Å². The minimum Gasteiger partial charge on any atom is -0.349 e. The van der Waals surface area contributed by atoms with E-state index in [0.717, 1.165) is 0 Å². The van der Waals surface area contributed by atoms with Gasteiger partial charge in [0.05, 0.1) is 11.6 Å². The molecule has 0 aliphatic heterocycles. The lowest BCUT2D eigenvalue weighted by Crippen LogP contribution is -2.13. The third kappa shape index (κ3) is 4.47. The third-order valence-electron chi connectivity index (χ3n) is 2.59. The number of benzene rings is 1. The predicted octanol–water partition coefficient (Wildman–Crippen LogP) is 3.42. The van der Waals surface area contributed by atoms with Crippen LogP contribution in [0.15, 0.2) is 18.2 Å². The molecule has 1 aromatic rings. The summed E-state index contributed by atoms with van der Waals surface area (Å²) in [5.41, 5.74) is 1.32. The summed E-state index contributed by atoms with van der Waals surface area (Å²) < 4.78 is 24.3. The largest absolute Gasteiger partial charge is 0.349 e. The highest BCUT2D eigenvalue weighted by atomic mass is 19.1. The summed E-state index contributed by atoms with van der Waals surface area (Å²) in [5.74, 6) is -0.386. The Kier molecular flexibility index (Phi) is 6.20. The highest BCUT2D eigenvalue weighted by Gasteiger charge is 2.06. The molecule has 1 rings (SSSR count). The summed E-state index contributed by atoms with van der Waals surface area (Å²) in [6.45, 7) is 6.39. The summed E-state index contributed by atoms with van der Waals surface area (Å²) in [6, 6.07) is 5.01. The quantitative estimate of drug-likeness (QED) is 0.738. The first-order valence-electron chi connectivity index (χ1n) is 6.24. The minimum atomic E-state index is -0.454. The van der Waals surface area contributed by atoms with Crippen molar-refractivity contribution in [3.05, 3.63) is 40.7 Å². The summed E-state index contributed by atoms with van der Waals surface area (Å²) in [5, 5.41) is 8.92. The van der Waals surface area contributed by atoms with Gasteiger partial charge in [0.15, 0.2) is 6.29 Å². The van der Waals surface area contributed by atoms with E-state index >= 15 is 0 Å². The molecule has 0 spiro atoms. The van der Waals surface area contributed by atoms with Gasteiger partial charge < -0.3 is 9.47 Å². The van der Waals surface area contributed by atoms with E-state index < -0.39 is 6.29 Å². The maximum absolute atomic E-state index is 13.6. The Balaban J connectivity index is 2.92. The van der Waals surface area contributed by atoms with Crippen molar-refractivity contribution >= 4 is 6.08 Å². The fraction of sp³-hybridized carbons (Fsp3) is 0.400. The monoisotopic (exact) mass is 263 g/mol. The number of hydrogen-bond acceptors (Lipinski definition) is 3. The van der Waals surface area contributed by atoms with Crippen molar-refractivity contribution in [2.75, 3.05) is 13.2 Å². The van der Waals surface area contributed by atoms with Crippen LogP contribution >= 0.6 is 0 Å². The molecule has 0 bridgehead atoms. The van der Waals surface area contributed by atoms with E-state index in [1.165, 1.54) is 6.07 Å². The van der Waals surface area contributed by atoms with E-state index in [4.69, 9.17) is 14.7 Å². The standard InChI is InChI=1S/C15H18FNO2/c1-4-18-15(19-5-2)7-6-12-8-13(10-17)11(3)14(16)9-12/h6-9,15H,4-5H2,1-3H3/b7-6+. The zero-order chi connectivity index (χ0) is 14.3. The fourth-order valence-electron chi connectivity index (χ4n) is 1.59. The molecular weight excluding hydrogens is 245 g/mol. The molecule has 4 heteroatoms. The third-order valence-corrected chi connectivity index (χ3v) is 2.59. The number of nitriles is 1. The Bertz CT molecular complexity index is 486. The average Bonchev–Trinajstić information content (AvgIpc) is 2.40. The average molecular weight is 263 g/mol. The first-order chi connectivity index (χ1) is 9.12. The van der Waals surface area contributed by atoms with Gasteiger partial charge in [0.25, 0.3) is 0 Å². The van der Waals surface area contributed by atoms with Gasteiger partial charge in [0.2, 0.25) is 0 Å². The molecule has 0 aromatic heterocycles. The predicted molar refractivity (Wildman–Crippen MR) is 71.9 cm³/mol. The molecule has 0 saturated carbocycles. The summed E-state index contributed by atoms with van der Waals surface area (Å²) >= 11 is 0. The Morgan fingerprint density at radius 3 is 2.47 bits per heavy atom. The molecule has 102 valence electrons. The van der Waals surface area contributed by atoms with Gasteiger partial charge >= 0.3 is 0 Å². The van der Waals surface area contributed by atoms with E-state index in [1.807, 2.05) is 19.9 Å². The van der Waals surface area contributed by atoms with Crippen LogP contribution in [0.25, 0.3) is 6.08 Å². The van der Waals surface area contributed by atoms with Gasteiger partial charge in [-0.25, -0.2) is 4.39 Å². The molecule has 19 heavy (non-hydrogen) atoms. The SMILES string of the molecule is CCOC(/C=C/c1cc(F)c(C)c(C#N)c1)OCC. The molecule has 0 heterocycles. The maximum atomic E-state index is 13.6. The molecule has 3 nitrogen and oxygen atoms in total. The molecular formula is C15H18FNO2. The maximum Gasteiger partial charge on any atom is 0.177 e. The smallest absolute Gasteiger partial charge is 0.177 e. The molecule has 0 saturated heterocycles. The Labute approximate surface area is 113 Å². The number of nitrogens with zero attached hydrogens (tertiary/aromatic N) is 1. The van der Waals surface area contributed by atoms with E-state index in [1.54, 1.807) is 25.1 Å². The molecule has 0 amide bonds. The van der Waals surface area contributed by atoms with E-state index in [9.17, 15) is 4.39 Å². The van der Waals surface area contributed by atoms with Crippen LogP contribution in [0.4, 0.5) is 4.39 Å². The van der Waals surface area contributed by atoms with E-state index in [2.05, 4.69) is 0 Å². The van der Waals surface area contributed by atoms with Gasteiger partial charge in [-0.05, 0) is 44.5 Å². The van der Waals surface area contributed by atoms with Gasteiger partial charge in [-0.1, -0.05) is 6.08 Å². The van der Waals surface area contributed by atoms with Gasteiger partial charge in [-0.2, -0.15) is 5.26 Å². The zero-order valence-corrected chi connectivity index (χ0v) is 11.4. The minimum absolute atomic E-state index is 0.337. The lowest BCUT2D eigenvalue weighted by atomic mass is 10.0. The fourth-order valence-corrected chi connectivity index (χ4v) is 1.59. The van der Waals surface area contributed by atoms with Gasteiger partial charge in [-0.15, -0.1) is 0 Å². The van der Waals surface area contributed by atoms with Gasteiger partial charge in [0, 0.05) is 18.8 Å². The Morgan fingerprint density at radius 2 is 1.95 bits per heavy atom. The highest BCUT2D eigenvalue weighted by molar-refractivity contribution is 5.55. The Hall–Kier alpha value is -1.70. The topological polar surface area (TPSA) is 42.2 Å². The normalized spacial score (nSPS) is 11.2. The number of halogens is 1. The second-order valence-electron chi connectivity index (χ2n) is 3.93. The molecule has 0 aliphatic rings. The Morgan fingerprint density at radius 1 is 1.32 bits per heavy atom. The zero-order valence-electron chi connectivity index (χ0n) is 11.4. The van der Waals surface area contributed by atoms with Crippen LogP contribution in [0, 0.1) is 24.1 Å². The molecule has 0 atom stereocenters. The summed E-state index contributed by atoms with van der Waals surface area (Å²) in [6.07, 6.45) is 2.95. The molecule has 0 fully saturated rings. The van der Waals surface area contributed by atoms with Crippen molar-refractivity contribution in [2.45, 2.75) is 27.1 Å². The van der Waals surface area contributed by atoms with Crippen molar-refractivity contribution in [2.24, 2.45) is 0 Å². The molecule has 0 aliphatic carbocycles. The van der Waals surface area contributed by atoms with Crippen LogP contribution in [0.2, 0.25) is 0 Å². The van der Waals surface area contributed by atoms with Crippen molar-refractivity contribution in [1.29, 1.82) is 5.26 Å². The van der Waals surface area contributed by atoms with Crippen LogP contribution in [0.1, 0.15) is 30.5 Å². The number of ether oxygens (including phenoxy) is 2. The molecule has 0 unspecified atom stereocenters. The molecule has 0 radical (unpaired) electrons.